The Morgan fingerprint density at radius 2 is 1.96 bits per heavy atom. The average molecular weight is 367 g/mol. The molecule has 1 aliphatic rings. The van der Waals surface area contributed by atoms with E-state index in [1.807, 2.05) is 6.07 Å². The summed E-state index contributed by atoms with van der Waals surface area (Å²) in [6.45, 7) is 3.02. The number of piperidine rings is 1. The van der Waals surface area contributed by atoms with Crippen LogP contribution in [-0.4, -0.2) is 53.2 Å². The number of aromatic nitrogens is 3. The highest BCUT2D eigenvalue weighted by Crippen LogP contribution is 2.26. The smallest absolute Gasteiger partial charge is 0.257 e. The number of benzene rings is 1. The number of H-pyrrole nitrogens is 1. The Balaban J connectivity index is 1.37. The van der Waals surface area contributed by atoms with Crippen LogP contribution >= 0.6 is 0 Å². The number of aromatic amines is 1. The number of hydrogen-bond donors (Lipinski definition) is 2. The van der Waals surface area contributed by atoms with E-state index in [9.17, 15) is 0 Å². The predicted octanol–water partition coefficient (Wildman–Crippen LogP) is 3.05. The first-order valence-electron chi connectivity index (χ1n) is 9.24. The van der Waals surface area contributed by atoms with Crippen molar-refractivity contribution in [2.75, 3.05) is 32.6 Å². The van der Waals surface area contributed by atoms with Gasteiger partial charge in [-0.2, -0.15) is 0 Å². The molecule has 7 nitrogen and oxygen atoms in total. The second kappa shape index (κ2) is 7.84. The maximum atomic E-state index is 5.37. The van der Waals surface area contributed by atoms with Crippen LogP contribution in [0.3, 0.4) is 0 Å². The number of nitrogens with one attached hydrogen (secondary N) is 2. The summed E-state index contributed by atoms with van der Waals surface area (Å²) in [7, 11) is 3.32. The molecule has 4 rings (SSSR count). The standard InChI is InChI=1S/C20H25N5O2/c1-26-16-3-4-18-17(11-16)14(12-23-18)13-25-9-5-15(6-10-25)24-19-20(27-2)22-8-7-21-19/h3-4,7-8,11-12,15,23H,5-6,9-10,13H2,1-2H3,(H,21,24). The molecule has 1 aromatic carbocycles. The molecule has 3 heterocycles. The summed E-state index contributed by atoms with van der Waals surface area (Å²) in [5.41, 5.74) is 2.46. The molecule has 0 unspecified atom stereocenters. The van der Waals surface area contributed by atoms with Crippen molar-refractivity contribution >= 4 is 16.7 Å². The number of fused-ring (bicyclic) bond motifs is 1. The molecule has 27 heavy (non-hydrogen) atoms. The molecular weight excluding hydrogens is 342 g/mol. The second-order valence-corrected chi connectivity index (χ2v) is 6.83. The fourth-order valence-electron chi connectivity index (χ4n) is 3.66. The molecule has 0 atom stereocenters. The van der Waals surface area contributed by atoms with Crippen molar-refractivity contribution in [3.63, 3.8) is 0 Å². The van der Waals surface area contributed by atoms with Crippen molar-refractivity contribution in [2.24, 2.45) is 0 Å². The third-order valence-corrected chi connectivity index (χ3v) is 5.15. The van der Waals surface area contributed by atoms with Gasteiger partial charge in [-0.15, -0.1) is 0 Å². The van der Waals surface area contributed by atoms with Gasteiger partial charge in [0.25, 0.3) is 5.88 Å². The maximum Gasteiger partial charge on any atom is 0.257 e. The highest BCUT2D eigenvalue weighted by Gasteiger charge is 2.21. The fourth-order valence-corrected chi connectivity index (χ4v) is 3.66. The zero-order chi connectivity index (χ0) is 18.6. The number of nitrogens with zero attached hydrogens (tertiary/aromatic N) is 3. The topological polar surface area (TPSA) is 75.3 Å². The predicted molar refractivity (Wildman–Crippen MR) is 105 cm³/mol. The summed E-state index contributed by atoms with van der Waals surface area (Å²) < 4.78 is 10.6. The summed E-state index contributed by atoms with van der Waals surface area (Å²) in [5.74, 6) is 2.17. The van der Waals surface area contributed by atoms with Crippen LogP contribution in [0.15, 0.2) is 36.8 Å². The third kappa shape index (κ3) is 3.83. The van der Waals surface area contributed by atoms with E-state index in [4.69, 9.17) is 9.47 Å². The van der Waals surface area contributed by atoms with Gasteiger partial charge in [-0.05, 0) is 36.6 Å². The number of ether oxygens (including phenoxy) is 2. The average Bonchev–Trinajstić information content (AvgIpc) is 3.11. The largest absolute Gasteiger partial charge is 0.497 e. The second-order valence-electron chi connectivity index (χ2n) is 6.83. The fraction of sp³-hybridized carbons (Fsp3) is 0.400. The van der Waals surface area contributed by atoms with Crippen molar-refractivity contribution in [1.82, 2.24) is 19.9 Å². The summed E-state index contributed by atoms with van der Waals surface area (Å²) >= 11 is 0. The Morgan fingerprint density at radius 1 is 1.15 bits per heavy atom. The molecule has 2 aromatic heterocycles. The first-order chi connectivity index (χ1) is 13.3. The van der Waals surface area contributed by atoms with E-state index in [1.54, 1.807) is 26.6 Å². The number of hydrogen-bond acceptors (Lipinski definition) is 6. The Hall–Kier alpha value is -2.80. The molecule has 0 spiro atoms. The quantitative estimate of drug-likeness (QED) is 0.697. The number of anilines is 1. The van der Waals surface area contributed by atoms with E-state index >= 15 is 0 Å². The van der Waals surface area contributed by atoms with E-state index in [2.05, 4.69) is 43.5 Å². The minimum absolute atomic E-state index is 0.384. The van der Waals surface area contributed by atoms with Crippen LogP contribution in [0.4, 0.5) is 5.82 Å². The Bertz CT molecular complexity index is 902. The lowest BCUT2D eigenvalue weighted by atomic mass is 10.0. The van der Waals surface area contributed by atoms with Crippen LogP contribution in [0.25, 0.3) is 10.9 Å². The van der Waals surface area contributed by atoms with Gasteiger partial charge in [-0.3, -0.25) is 4.90 Å². The Kier molecular flexibility index (Phi) is 5.11. The molecule has 0 amide bonds. The number of rotatable bonds is 6. The Labute approximate surface area is 158 Å². The van der Waals surface area contributed by atoms with Gasteiger partial charge in [-0.1, -0.05) is 0 Å². The van der Waals surface area contributed by atoms with E-state index in [0.717, 1.165) is 49.6 Å². The number of methoxy groups -OCH3 is 2. The normalized spacial score (nSPS) is 15.8. The van der Waals surface area contributed by atoms with Crippen LogP contribution in [0.5, 0.6) is 11.6 Å². The van der Waals surface area contributed by atoms with Gasteiger partial charge in [0.15, 0.2) is 5.82 Å². The van der Waals surface area contributed by atoms with Crippen molar-refractivity contribution < 1.29 is 9.47 Å². The zero-order valence-corrected chi connectivity index (χ0v) is 15.7. The SMILES string of the molecule is COc1ccc2[nH]cc(CN3CCC(Nc4nccnc4OC)CC3)c2c1. The molecule has 0 bridgehead atoms. The summed E-state index contributed by atoms with van der Waals surface area (Å²) in [6.07, 6.45) is 7.56. The van der Waals surface area contributed by atoms with Gasteiger partial charge < -0.3 is 19.8 Å². The molecule has 1 aliphatic heterocycles. The summed E-state index contributed by atoms with van der Waals surface area (Å²) in [4.78, 5) is 14.4. The molecule has 3 aromatic rings. The molecule has 142 valence electrons. The third-order valence-electron chi connectivity index (χ3n) is 5.15. The molecule has 0 saturated carbocycles. The Morgan fingerprint density at radius 3 is 2.74 bits per heavy atom. The van der Waals surface area contributed by atoms with E-state index in [-0.39, 0.29) is 0 Å². The van der Waals surface area contributed by atoms with E-state index in [1.165, 1.54) is 10.9 Å². The molecular formula is C20H25N5O2. The van der Waals surface area contributed by atoms with Crippen LogP contribution in [0, 0.1) is 0 Å². The maximum absolute atomic E-state index is 5.37. The first-order valence-corrected chi connectivity index (χ1v) is 9.24. The van der Waals surface area contributed by atoms with Crippen LogP contribution < -0.4 is 14.8 Å². The molecule has 2 N–H and O–H groups in total. The van der Waals surface area contributed by atoms with Gasteiger partial charge in [-0.25, -0.2) is 9.97 Å². The van der Waals surface area contributed by atoms with Crippen LogP contribution in [-0.2, 0) is 6.54 Å². The zero-order valence-electron chi connectivity index (χ0n) is 15.7. The lowest BCUT2D eigenvalue weighted by molar-refractivity contribution is 0.211. The van der Waals surface area contributed by atoms with Crippen molar-refractivity contribution in [2.45, 2.75) is 25.4 Å². The van der Waals surface area contributed by atoms with Crippen molar-refractivity contribution in [1.29, 1.82) is 0 Å². The minimum atomic E-state index is 0.384. The lowest BCUT2D eigenvalue weighted by Gasteiger charge is -2.32. The summed E-state index contributed by atoms with van der Waals surface area (Å²) in [6, 6.07) is 6.55. The highest BCUT2D eigenvalue weighted by atomic mass is 16.5. The molecule has 0 radical (unpaired) electrons. The van der Waals surface area contributed by atoms with Crippen molar-refractivity contribution in [3.05, 3.63) is 42.4 Å². The minimum Gasteiger partial charge on any atom is -0.497 e. The van der Waals surface area contributed by atoms with Crippen LogP contribution in [0.1, 0.15) is 18.4 Å². The molecule has 7 heteroatoms. The van der Waals surface area contributed by atoms with Gasteiger partial charge >= 0.3 is 0 Å². The molecule has 0 aliphatic carbocycles. The monoisotopic (exact) mass is 367 g/mol. The summed E-state index contributed by atoms with van der Waals surface area (Å²) in [5, 5.41) is 4.71. The van der Waals surface area contributed by atoms with Gasteiger partial charge in [0.1, 0.15) is 5.75 Å². The van der Waals surface area contributed by atoms with Gasteiger partial charge in [0.05, 0.1) is 14.2 Å². The first kappa shape index (κ1) is 17.6. The highest BCUT2D eigenvalue weighted by molar-refractivity contribution is 5.84. The van der Waals surface area contributed by atoms with Gasteiger partial charge in [0.2, 0.25) is 0 Å². The van der Waals surface area contributed by atoms with Crippen molar-refractivity contribution in [3.8, 4) is 11.6 Å². The van der Waals surface area contributed by atoms with E-state index in [0.29, 0.717) is 11.9 Å². The van der Waals surface area contributed by atoms with Gasteiger partial charge in [0, 0.05) is 55.2 Å². The number of likely N-dealkylation sites (tertiary alicyclic amines) is 1. The molecule has 1 fully saturated rings. The lowest BCUT2D eigenvalue weighted by Crippen LogP contribution is -2.38. The van der Waals surface area contributed by atoms with Crippen LogP contribution in [0.2, 0.25) is 0 Å². The molecule has 1 saturated heterocycles. The van der Waals surface area contributed by atoms with E-state index < -0.39 is 0 Å².